The molecule has 2 aromatic rings. The van der Waals surface area contributed by atoms with Crippen LogP contribution in [0, 0.1) is 19.8 Å². The third kappa shape index (κ3) is 3.23. The number of hydrogen-bond donors (Lipinski definition) is 1. The predicted molar refractivity (Wildman–Crippen MR) is 102 cm³/mol. The summed E-state index contributed by atoms with van der Waals surface area (Å²) in [5.74, 6) is 0.778. The average Bonchev–Trinajstić information content (AvgIpc) is 3.16. The van der Waals surface area contributed by atoms with Gasteiger partial charge in [0.25, 0.3) is 5.91 Å². The number of carbonyl (C=O) groups excluding carboxylic acids is 1. The van der Waals surface area contributed by atoms with E-state index >= 15 is 0 Å². The molecule has 0 radical (unpaired) electrons. The van der Waals surface area contributed by atoms with Crippen LogP contribution in [0.1, 0.15) is 53.1 Å². The van der Waals surface area contributed by atoms with Gasteiger partial charge < -0.3 is 15.2 Å². The second-order valence-corrected chi connectivity index (χ2v) is 7.47. The molecule has 25 heavy (non-hydrogen) atoms. The van der Waals surface area contributed by atoms with E-state index in [1.54, 1.807) is 0 Å². The molecule has 1 aliphatic heterocycles. The Morgan fingerprint density at radius 1 is 1.20 bits per heavy atom. The van der Waals surface area contributed by atoms with E-state index in [2.05, 4.69) is 49.6 Å². The standard InChI is InChI=1S/C21H29N3O/c1-14(2)24-15(3)10-19(16(24)4)21(25)23-12-18(11-22)20(13-23)17-8-6-5-7-9-17/h5-10,14,18,20H,11-13,22H2,1-4H3/t18-,20+/m1/s1. The van der Waals surface area contributed by atoms with E-state index in [1.807, 2.05) is 24.0 Å². The number of nitrogens with two attached hydrogens (primary N) is 1. The number of rotatable bonds is 4. The molecule has 0 saturated carbocycles. The molecule has 1 aromatic heterocycles. The lowest BCUT2D eigenvalue weighted by molar-refractivity contribution is 0.0785. The zero-order chi connectivity index (χ0) is 18.1. The summed E-state index contributed by atoms with van der Waals surface area (Å²) in [6.07, 6.45) is 0. The number of aryl methyl sites for hydroxylation is 1. The third-order valence-electron chi connectivity index (χ3n) is 5.49. The van der Waals surface area contributed by atoms with Gasteiger partial charge in [0.05, 0.1) is 5.56 Å². The van der Waals surface area contributed by atoms with Gasteiger partial charge in [0, 0.05) is 36.4 Å². The number of likely N-dealkylation sites (tertiary alicyclic amines) is 1. The van der Waals surface area contributed by atoms with E-state index in [4.69, 9.17) is 5.73 Å². The van der Waals surface area contributed by atoms with Gasteiger partial charge in [-0.3, -0.25) is 4.79 Å². The molecular weight excluding hydrogens is 310 g/mol. The quantitative estimate of drug-likeness (QED) is 0.927. The molecule has 4 heteroatoms. The Morgan fingerprint density at radius 2 is 1.88 bits per heavy atom. The molecule has 0 aliphatic carbocycles. The zero-order valence-corrected chi connectivity index (χ0v) is 15.7. The van der Waals surface area contributed by atoms with Crippen molar-refractivity contribution in [3.05, 3.63) is 58.9 Å². The summed E-state index contributed by atoms with van der Waals surface area (Å²) in [5, 5.41) is 0. The van der Waals surface area contributed by atoms with E-state index in [0.717, 1.165) is 30.0 Å². The Labute approximate surface area is 150 Å². The molecule has 2 heterocycles. The van der Waals surface area contributed by atoms with E-state index in [9.17, 15) is 4.79 Å². The van der Waals surface area contributed by atoms with Gasteiger partial charge in [0.2, 0.25) is 0 Å². The lowest BCUT2D eigenvalue weighted by atomic mass is 9.89. The summed E-state index contributed by atoms with van der Waals surface area (Å²) in [6, 6.07) is 12.8. The van der Waals surface area contributed by atoms with Gasteiger partial charge in [-0.15, -0.1) is 0 Å². The molecule has 0 bridgehead atoms. The molecule has 0 unspecified atom stereocenters. The summed E-state index contributed by atoms with van der Waals surface area (Å²) in [5.41, 5.74) is 10.3. The predicted octanol–water partition coefficient (Wildman–Crippen LogP) is 3.50. The molecule has 1 aliphatic rings. The number of amides is 1. The number of aromatic nitrogens is 1. The van der Waals surface area contributed by atoms with Crippen LogP contribution in [-0.2, 0) is 0 Å². The van der Waals surface area contributed by atoms with Gasteiger partial charge in [0.15, 0.2) is 0 Å². The van der Waals surface area contributed by atoms with Crippen molar-refractivity contribution in [1.82, 2.24) is 9.47 Å². The van der Waals surface area contributed by atoms with E-state index in [1.165, 1.54) is 5.56 Å². The smallest absolute Gasteiger partial charge is 0.255 e. The minimum atomic E-state index is 0.136. The number of benzene rings is 1. The topological polar surface area (TPSA) is 51.3 Å². The SMILES string of the molecule is Cc1cc(C(=O)N2C[C@@H](CN)[C@H](c3ccccc3)C2)c(C)n1C(C)C. The highest BCUT2D eigenvalue weighted by Crippen LogP contribution is 2.33. The lowest BCUT2D eigenvalue weighted by Crippen LogP contribution is -2.30. The highest BCUT2D eigenvalue weighted by molar-refractivity contribution is 5.96. The molecule has 2 atom stereocenters. The van der Waals surface area contributed by atoms with Crippen LogP contribution in [0.5, 0.6) is 0 Å². The molecular formula is C21H29N3O. The molecule has 2 N–H and O–H groups in total. The fraction of sp³-hybridized carbons (Fsp3) is 0.476. The maximum atomic E-state index is 13.2. The maximum absolute atomic E-state index is 13.2. The van der Waals surface area contributed by atoms with Crippen molar-refractivity contribution >= 4 is 5.91 Å². The molecule has 1 fully saturated rings. The van der Waals surface area contributed by atoms with Gasteiger partial charge in [-0.05, 0) is 51.8 Å². The Balaban J connectivity index is 1.86. The first kappa shape index (κ1) is 17.7. The van der Waals surface area contributed by atoms with Crippen molar-refractivity contribution in [2.75, 3.05) is 19.6 Å². The Morgan fingerprint density at radius 3 is 2.44 bits per heavy atom. The number of carbonyl (C=O) groups is 1. The first-order valence-corrected chi connectivity index (χ1v) is 9.16. The highest BCUT2D eigenvalue weighted by Gasteiger charge is 2.36. The van der Waals surface area contributed by atoms with Gasteiger partial charge in [-0.25, -0.2) is 0 Å². The molecule has 1 aromatic carbocycles. The van der Waals surface area contributed by atoms with E-state index in [0.29, 0.717) is 24.4 Å². The molecule has 3 rings (SSSR count). The van der Waals surface area contributed by atoms with Gasteiger partial charge in [-0.2, -0.15) is 0 Å². The van der Waals surface area contributed by atoms with E-state index < -0.39 is 0 Å². The molecule has 0 spiro atoms. The van der Waals surface area contributed by atoms with Crippen LogP contribution in [0.2, 0.25) is 0 Å². The summed E-state index contributed by atoms with van der Waals surface area (Å²) < 4.78 is 2.23. The van der Waals surface area contributed by atoms with Crippen molar-refractivity contribution in [3.8, 4) is 0 Å². The zero-order valence-electron chi connectivity index (χ0n) is 15.7. The van der Waals surface area contributed by atoms with Crippen LogP contribution in [0.15, 0.2) is 36.4 Å². The Bertz CT molecular complexity index is 748. The molecule has 1 amide bonds. The van der Waals surface area contributed by atoms with Gasteiger partial charge in [-0.1, -0.05) is 30.3 Å². The Hall–Kier alpha value is -2.07. The van der Waals surface area contributed by atoms with Crippen molar-refractivity contribution in [1.29, 1.82) is 0 Å². The largest absolute Gasteiger partial charge is 0.346 e. The average molecular weight is 339 g/mol. The second kappa shape index (κ2) is 7.04. The summed E-state index contributed by atoms with van der Waals surface area (Å²) >= 11 is 0. The van der Waals surface area contributed by atoms with Crippen LogP contribution in [-0.4, -0.2) is 35.0 Å². The molecule has 1 saturated heterocycles. The van der Waals surface area contributed by atoms with Crippen LogP contribution in [0.4, 0.5) is 0 Å². The number of nitrogens with zero attached hydrogens (tertiary/aromatic N) is 2. The van der Waals surface area contributed by atoms with Crippen molar-refractivity contribution in [2.24, 2.45) is 11.7 Å². The first-order valence-electron chi connectivity index (χ1n) is 9.16. The van der Waals surface area contributed by atoms with Crippen LogP contribution >= 0.6 is 0 Å². The normalized spacial score (nSPS) is 20.5. The third-order valence-corrected chi connectivity index (χ3v) is 5.49. The van der Waals surface area contributed by atoms with Crippen molar-refractivity contribution in [2.45, 2.75) is 39.7 Å². The first-order chi connectivity index (χ1) is 11.9. The van der Waals surface area contributed by atoms with Gasteiger partial charge >= 0.3 is 0 Å². The van der Waals surface area contributed by atoms with Crippen LogP contribution in [0.3, 0.4) is 0 Å². The minimum Gasteiger partial charge on any atom is -0.346 e. The van der Waals surface area contributed by atoms with Crippen molar-refractivity contribution < 1.29 is 4.79 Å². The van der Waals surface area contributed by atoms with Crippen LogP contribution < -0.4 is 5.73 Å². The summed E-state index contributed by atoms with van der Waals surface area (Å²) in [4.78, 5) is 15.2. The maximum Gasteiger partial charge on any atom is 0.255 e. The second-order valence-electron chi connectivity index (χ2n) is 7.47. The van der Waals surface area contributed by atoms with Crippen LogP contribution in [0.25, 0.3) is 0 Å². The number of hydrogen-bond acceptors (Lipinski definition) is 2. The minimum absolute atomic E-state index is 0.136. The van der Waals surface area contributed by atoms with Crippen molar-refractivity contribution in [3.63, 3.8) is 0 Å². The highest BCUT2D eigenvalue weighted by atomic mass is 16.2. The summed E-state index contributed by atoms with van der Waals surface area (Å²) in [7, 11) is 0. The van der Waals surface area contributed by atoms with Gasteiger partial charge in [0.1, 0.15) is 0 Å². The molecule has 134 valence electrons. The van der Waals surface area contributed by atoms with E-state index in [-0.39, 0.29) is 5.91 Å². The Kier molecular flexibility index (Phi) is 5.00. The lowest BCUT2D eigenvalue weighted by Gasteiger charge is -2.18. The fourth-order valence-electron chi connectivity index (χ4n) is 4.31. The molecule has 4 nitrogen and oxygen atoms in total. The summed E-state index contributed by atoms with van der Waals surface area (Å²) in [6.45, 7) is 10.5. The fourth-order valence-corrected chi connectivity index (χ4v) is 4.31. The monoisotopic (exact) mass is 339 g/mol.